The molecular formula is C20H35ClN4O. The van der Waals surface area contributed by atoms with Gasteiger partial charge >= 0.3 is 0 Å². The summed E-state index contributed by atoms with van der Waals surface area (Å²) in [5, 5.41) is 2.97. The highest BCUT2D eigenvalue weighted by Gasteiger charge is 2.19. The van der Waals surface area contributed by atoms with Crippen LogP contribution < -0.4 is 16.0 Å². The molecule has 1 fully saturated rings. The summed E-state index contributed by atoms with van der Waals surface area (Å²) in [6, 6.07) is 10.3. The van der Waals surface area contributed by atoms with E-state index in [2.05, 4.69) is 52.4 Å². The number of halogens is 1. The molecule has 0 aromatic heterocycles. The van der Waals surface area contributed by atoms with E-state index in [9.17, 15) is 4.79 Å². The zero-order valence-corrected chi connectivity index (χ0v) is 17.0. The number of nitrogens with two attached hydrogens (primary N) is 1. The number of hydrogen-bond acceptors (Lipinski definition) is 4. The van der Waals surface area contributed by atoms with Gasteiger partial charge in [-0.15, -0.1) is 12.4 Å². The van der Waals surface area contributed by atoms with E-state index in [1.54, 1.807) is 0 Å². The zero-order valence-electron chi connectivity index (χ0n) is 16.2. The first-order valence-corrected chi connectivity index (χ1v) is 9.67. The number of anilines is 1. The molecule has 0 spiro atoms. The van der Waals surface area contributed by atoms with Gasteiger partial charge in [0, 0.05) is 38.4 Å². The van der Waals surface area contributed by atoms with Gasteiger partial charge in [-0.3, -0.25) is 9.69 Å². The van der Waals surface area contributed by atoms with E-state index in [1.807, 2.05) is 6.92 Å². The van der Waals surface area contributed by atoms with Gasteiger partial charge in [0.1, 0.15) is 0 Å². The maximum absolute atomic E-state index is 11.9. The molecule has 3 N–H and O–H groups in total. The SMILES string of the molecule is CCC(C)C(N)C(=O)NCCCCN1CCN(c2ccccc2)CC1.Cl. The van der Waals surface area contributed by atoms with Gasteiger partial charge < -0.3 is 16.0 Å². The predicted octanol–water partition coefficient (Wildman–Crippen LogP) is 2.50. The highest BCUT2D eigenvalue weighted by atomic mass is 35.5. The van der Waals surface area contributed by atoms with Crippen molar-refractivity contribution in [1.82, 2.24) is 10.2 Å². The summed E-state index contributed by atoms with van der Waals surface area (Å²) in [6.07, 6.45) is 3.06. The molecule has 5 nitrogen and oxygen atoms in total. The second-order valence-electron chi connectivity index (χ2n) is 7.07. The van der Waals surface area contributed by atoms with Crippen LogP contribution in [0.1, 0.15) is 33.1 Å². The van der Waals surface area contributed by atoms with Crippen molar-refractivity contribution in [3.63, 3.8) is 0 Å². The van der Waals surface area contributed by atoms with Crippen LogP contribution in [0.4, 0.5) is 5.69 Å². The molecule has 0 radical (unpaired) electrons. The minimum atomic E-state index is -0.379. The number of carbonyl (C=O) groups is 1. The Balaban J connectivity index is 0.00000338. The Morgan fingerprint density at radius 2 is 1.81 bits per heavy atom. The first-order chi connectivity index (χ1) is 12.1. The molecule has 26 heavy (non-hydrogen) atoms. The first kappa shape index (κ1) is 22.7. The van der Waals surface area contributed by atoms with Crippen molar-refractivity contribution >= 4 is 24.0 Å². The van der Waals surface area contributed by atoms with Crippen LogP contribution in [0.25, 0.3) is 0 Å². The topological polar surface area (TPSA) is 61.6 Å². The summed E-state index contributed by atoms with van der Waals surface area (Å²) in [5.41, 5.74) is 7.26. The third-order valence-corrected chi connectivity index (χ3v) is 5.25. The van der Waals surface area contributed by atoms with Gasteiger partial charge in [-0.2, -0.15) is 0 Å². The normalized spacial score (nSPS) is 17.3. The fraction of sp³-hybridized carbons (Fsp3) is 0.650. The fourth-order valence-electron chi connectivity index (χ4n) is 3.17. The number of carbonyl (C=O) groups excluding carboxylic acids is 1. The fourth-order valence-corrected chi connectivity index (χ4v) is 3.17. The minimum Gasteiger partial charge on any atom is -0.369 e. The number of amides is 1. The quantitative estimate of drug-likeness (QED) is 0.644. The number of nitrogens with one attached hydrogen (secondary N) is 1. The van der Waals surface area contributed by atoms with Crippen LogP contribution >= 0.6 is 12.4 Å². The second kappa shape index (κ2) is 12.2. The average Bonchev–Trinajstić information content (AvgIpc) is 2.67. The van der Waals surface area contributed by atoms with Crippen molar-refractivity contribution in [2.24, 2.45) is 11.7 Å². The minimum absolute atomic E-state index is 0. The van der Waals surface area contributed by atoms with Crippen molar-refractivity contribution in [2.45, 2.75) is 39.2 Å². The van der Waals surface area contributed by atoms with Crippen LogP contribution in [0.5, 0.6) is 0 Å². The van der Waals surface area contributed by atoms with Crippen LogP contribution in [0.15, 0.2) is 30.3 Å². The highest BCUT2D eigenvalue weighted by Crippen LogP contribution is 2.15. The molecule has 1 aliphatic rings. The number of para-hydroxylation sites is 1. The smallest absolute Gasteiger partial charge is 0.237 e. The molecule has 148 valence electrons. The first-order valence-electron chi connectivity index (χ1n) is 9.67. The third kappa shape index (κ3) is 7.14. The number of nitrogens with zero attached hydrogens (tertiary/aromatic N) is 2. The van der Waals surface area contributed by atoms with Crippen LogP contribution in [0, 0.1) is 5.92 Å². The largest absolute Gasteiger partial charge is 0.369 e. The lowest BCUT2D eigenvalue weighted by molar-refractivity contribution is -0.123. The Morgan fingerprint density at radius 3 is 2.42 bits per heavy atom. The van der Waals surface area contributed by atoms with E-state index < -0.39 is 0 Å². The Labute approximate surface area is 164 Å². The number of piperazine rings is 1. The number of unbranched alkanes of at least 4 members (excludes halogenated alkanes) is 1. The number of hydrogen-bond donors (Lipinski definition) is 2. The molecule has 1 saturated heterocycles. The summed E-state index contributed by atoms with van der Waals surface area (Å²) in [5.74, 6) is 0.228. The van der Waals surface area contributed by atoms with Gasteiger partial charge in [0.25, 0.3) is 0 Å². The van der Waals surface area contributed by atoms with Crippen molar-refractivity contribution in [3.05, 3.63) is 30.3 Å². The summed E-state index contributed by atoms with van der Waals surface area (Å²) in [4.78, 5) is 16.9. The molecule has 0 aliphatic carbocycles. The maximum Gasteiger partial charge on any atom is 0.237 e. The molecule has 1 heterocycles. The molecule has 1 aromatic rings. The van der Waals surface area contributed by atoms with E-state index in [0.717, 1.165) is 58.5 Å². The van der Waals surface area contributed by atoms with E-state index in [0.29, 0.717) is 0 Å². The zero-order chi connectivity index (χ0) is 18.1. The maximum atomic E-state index is 11.9. The van der Waals surface area contributed by atoms with E-state index >= 15 is 0 Å². The third-order valence-electron chi connectivity index (χ3n) is 5.25. The molecule has 1 aromatic carbocycles. The lowest BCUT2D eigenvalue weighted by atomic mass is 9.99. The number of rotatable bonds is 9. The van der Waals surface area contributed by atoms with Gasteiger partial charge in [0.05, 0.1) is 6.04 Å². The molecule has 1 aliphatic heterocycles. The van der Waals surface area contributed by atoms with Gasteiger partial charge in [-0.25, -0.2) is 0 Å². The Bertz CT molecular complexity index is 506. The summed E-state index contributed by atoms with van der Waals surface area (Å²) < 4.78 is 0. The molecule has 0 saturated carbocycles. The highest BCUT2D eigenvalue weighted by molar-refractivity contribution is 5.85. The van der Waals surface area contributed by atoms with Crippen molar-refractivity contribution in [2.75, 3.05) is 44.2 Å². The molecule has 2 unspecified atom stereocenters. The van der Waals surface area contributed by atoms with Gasteiger partial charge in [0.2, 0.25) is 5.91 Å². The van der Waals surface area contributed by atoms with Crippen LogP contribution in [-0.2, 0) is 4.79 Å². The second-order valence-corrected chi connectivity index (χ2v) is 7.07. The van der Waals surface area contributed by atoms with Gasteiger partial charge in [0.15, 0.2) is 0 Å². The summed E-state index contributed by atoms with van der Waals surface area (Å²) in [6.45, 7) is 10.3. The van der Waals surface area contributed by atoms with Crippen molar-refractivity contribution in [3.8, 4) is 0 Å². The molecule has 0 bridgehead atoms. The lowest BCUT2D eigenvalue weighted by Crippen LogP contribution is -2.47. The Kier molecular flexibility index (Phi) is 10.6. The van der Waals surface area contributed by atoms with Crippen LogP contribution in [-0.4, -0.2) is 56.1 Å². The van der Waals surface area contributed by atoms with Crippen LogP contribution in [0.2, 0.25) is 0 Å². The average molecular weight is 383 g/mol. The molecular weight excluding hydrogens is 348 g/mol. The molecule has 2 atom stereocenters. The summed E-state index contributed by atoms with van der Waals surface area (Å²) in [7, 11) is 0. The Morgan fingerprint density at radius 1 is 1.15 bits per heavy atom. The van der Waals surface area contributed by atoms with Crippen molar-refractivity contribution < 1.29 is 4.79 Å². The molecule has 2 rings (SSSR count). The predicted molar refractivity (Wildman–Crippen MR) is 112 cm³/mol. The summed E-state index contributed by atoms with van der Waals surface area (Å²) >= 11 is 0. The molecule has 1 amide bonds. The van der Waals surface area contributed by atoms with Gasteiger partial charge in [-0.1, -0.05) is 38.5 Å². The van der Waals surface area contributed by atoms with Gasteiger partial charge in [-0.05, 0) is 37.4 Å². The standard InChI is InChI=1S/C20H34N4O.ClH/c1-3-17(2)19(21)20(25)22-11-7-8-12-23-13-15-24(16-14-23)18-9-5-4-6-10-18;/h4-6,9-10,17,19H,3,7-8,11-16,21H2,1-2H3,(H,22,25);1H. The van der Waals surface area contributed by atoms with Crippen LogP contribution in [0.3, 0.4) is 0 Å². The number of benzene rings is 1. The van der Waals surface area contributed by atoms with Crippen molar-refractivity contribution in [1.29, 1.82) is 0 Å². The monoisotopic (exact) mass is 382 g/mol. The lowest BCUT2D eigenvalue weighted by Gasteiger charge is -2.36. The van der Waals surface area contributed by atoms with E-state index in [4.69, 9.17) is 5.73 Å². The van der Waals surface area contributed by atoms with E-state index in [1.165, 1.54) is 5.69 Å². The Hall–Kier alpha value is -1.30. The molecule has 6 heteroatoms. The van der Waals surface area contributed by atoms with E-state index in [-0.39, 0.29) is 30.3 Å².